The van der Waals surface area contributed by atoms with Crippen molar-refractivity contribution in [1.82, 2.24) is 15.5 Å². The van der Waals surface area contributed by atoms with Crippen LogP contribution in [0.5, 0.6) is 11.5 Å². The quantitative estimate of drug-likeness (QED) is 0.907. The molecule has 0 spiro atoms. The van der Waals surface area contributed by atoms with Crippen molar-refractivity contribution in [1.29, 1.82) is 0 Å². The molecule has 0 amide bonds. The van der Waals surface area contributed by atoms with Gasteiger partial charge in [-0.05, 0) is 32.0 Å². The van der Waals surface area contributed by atoms with Gasteiger partial charge in [0, 0.05) is 36.3 Å². The van der Waals surface area contributed by atoms with Crippen LogP contribution in [0.1, 0.15) is 25.1 Å². The number of hydrogen-bond donors (Lipinski definition) is 2. The van der Waals surface area contributed by atoms with Crippen molar-refractivity contribution >= 4 is 0 Å². The molecular weight excluding hydrogens is 266 g/mol. The highest BCUT2D eigenvalue weighted by molar-refractivity contribution is 5.68. The average molecular weight is 287 g/mol. The summed E-state index contributed by atoms with van der Waals surface area (Å²) in [6.45, 7) is 5.87. The molecule has 3 rings (SSSR count). The van der Waals surface area contributed by atoms with Crippen LogP contribution in [0, 0.1) is 0 Å². The molecule has 1 aromatic carbocycles. The summed E-state index contributed by atoms with van der Waals surface area (Å²) < 4.78 is 11.2. The minimum Gasteiger partial charge on any atom is -0.493 e. The maximum absolute atomic E-state index is 5.84. The predicted molar refractivity (Wildman–Crippen MR) is 81.8 cm³/mol. The lowest BCUT2D eigenvalue weighted by atomic mass is 10.0. The number of hydrogen-bond acceptors (Lipinski definition) is 4. The molecule has 1 aliphatic heterocycles. The fourth-order valence-corrected chi connectivity index (χ4v) is 2.63. The van der Waals surface area contributed by atoms with E-state index in [1.54, 1.807) is 7.11 Å². The van der Waals surface area contributed by atoms with E-state index in [0.717, 1.165) is 42.3 Å². The van der Waals surface area contributed by atoms with Crippen LogP contribution in [0.3, 0.4) is 0 Å². The molecule has 2 N–H and O–H groups in total. The average Bonchev–Trinajstić information content (AvgIpc) is 2.90. The van der Waals surface area contributed by atoms with Crippen molar-refractivity contribution in [3.8, 4) is 22.8 Å². The van der Waals surface area contributed by atoms with Crippen molar-refractivity contribution < 1.29 is 9.47 Å². The third kappa shape index (κ3) is 2.74. The van der Waals surface area contributed by atoms with E-state index in [2.05, 4.69) is 15.5 Å². The first-order valence-corrected chi connectivity index (χ1v) is 7.31. The van der Waals surface area contributed by atoms with Crippen molar-refractivity contribution in [3.63, 3.8) is 0 Å². The van der Waals surface area contributed by atoms with Crippen molar-refractivity contribution in [3.05, 3.63) is 29.5 Å². The van der Waals surface area contributed by atoms with E-state index in [1.807, 2.05) is 32.0 Å². The summed E-state index contributed by atoms with van der Waals surface area (Å²) in [5.41, 5.74) is 4.52. The Hall–Kier alpha value is -2.01. The normalized spacial score (nSPS) is 14.1. The Morgan fingerprint density at radius 3 is 2.86 bits per heavy atom. The van der Waals surface area contributed by atoms with Gasteiger partial charge in [-0.25, -0.2) is 0 Å². The second-order valence-electron chi connectivity index (χ2n) is 5.49. The summed E-state index contributed by atoms with van der Waals surface area (Å²) in [7, 11) is 1.66. The highest BCUT2D eigenvalue weighted by Crippen LogP contribution is 2.34. The lowest BCUT2D eigenvalue weighted by Gasteiger charge is -2.16. The van der Waals surface area contributed by atoms with Crippen LogP contribution >= 0.6 is 0 Å². The van der Waals surface area contributed by atoms with Gasteiger partial charge in [-0.15, -0.1) is 0 Å². The molecule has 5 heteroatoms. The van der Waals surface area contributed by atoms with Gasteiger partial charge in [-0.1, -0.05) is 0 Å². The van der Waals surface area contributed by atoms with E-state index >= 15 is 0 Å². The molecule has 0 aliphatic carbocycles. The highest BCUT2D eigenvalue weighted by atomic mass is 16.5. The second kappa shape index (κ2) is 5.77. The molecule has 0 bridgehead atoms. The third-order valence-electron chi connectivity index (χ3n) is 3.61. The summed E-state index contributed by atoms with van der Waals surface area (Å²) in [6, 6.07) is 5.96. The fourth-order valence-electron chi connectivity index (χ4n) is 2.63. The minimum absolute atomic E-state index is 0.101. The Labute approximate surface area is 124 Å². The Morgan fingerprint density at radius 1 is 1.24 bits per heavy atom. The number of H-pyrrole nitrogens is 1. The van der Waals surface area contributed by atoms with Gasteiger partial charge in [0.15, 0.2) is 11.5 Å². The van der Waals surface area contributed by atoms with E-state index in [9.17, 15) is 0 Å². The standard InChI is InChI=1S/C16H21N3O2/c1-10(2)21-15-8-11(4-5-14(15)20-3)16-12-9-17-7-6-13(12)18-19-16/h4-5,8,10,17H,6-7,9H2,1-3H3,(H,18,19). The third-order valence-corrected chi connectivity index (χ3v) is 3.61. The molecule has 0 saturated heterocycles. The number of benzene rings is 1. The molecule has 2 heterocycles. The Bertz CT molecular complexity index is 634. The van der Waals surface area contributed by atoms with Crippen LogP contribution in [0.4, 0.5) is 0 Å². The second-order valence-corrected chi connectivity index (χ2v) is 5.49. The summed E-state index contributed by atoms with van der Waals surface area (Å²) >= 11 is 0. The van der Waals surface area contributed by atoms with Gasteiger partial charge in [0.05, 0.1) is 18.9 Å². The topological polar surface area (TPSA) is 59.2 Å². The van der Waals surface area contributed by atoms with Gasteiger partial charge in [0.2, 0.25) is 0 Å². The van der Waals surface area contributed by atoms with Gasteiger partial charge in [0.1, 0.15) is 0 Å². The van der Waals surface area contributed by atoms with Gasteiger partial charge in [-0.3, -0.25) is 5.10 Å². The molecule has 5 nitrogen and oxygen atoms in total. The summed E-state index contributed by atoms with van der Waals surface area (Å²) in [6.07, 6.45) is 1.09. The molecule has 0 saturated carbocycles. The number of rotatable bonds is 4. The van der Waals surface area contributed by atoms with Gasteiger partial charge in [0.25, 0.3) is 0 Å². The maximum atomic E-state index is 5.84. The van der Waals surface area contributed by atoms with Crippen molar-refractivity contribution in [2.24, 2.45) is 0 Å². The lowest BCUT2D eigenvalue weighted by Crippen LogP contribution is -2.23. The minimum atomic E-state index is 0.101. The molecule has 0 atom stereocenters. The molecule has 1 aromatic heterocycles. The zero-order chi connectivity index (χ0) is 14.8. The van der Waals surface area contributed by atoms with Crippen LogP contribution in [-0.4, -0.2) is 30.0 Å². The number of nitrogens with one attached hydrogen (secondary N) is 2. The molecule has 0 fully saturated rings. The van der Waals surface area contributed by atoms with E-state index in [4.69, 9.17) is 9.47 Å². The van der Waals surface area contributed by atoms with Crippen LogP contribution in [0.25, 0.3) is 11.3 Å². The number of nitrogens with zero attached hydrogens (tertiary/aromatic N) is 1. The van der Waals surface area contributed by atoms with Crippen LogP contribution in [0.15, 0.2) is 18.2 Å². The van der Waals surface area contributed by atoms with Crippen molar-refractivity contribution in [2.45, 2.75) is 32.9 Å². The van der Waals surface area contributed by atoms with Crippen molar-refractivity contribution in [2.75, 3.05) is 13.7 Å². The number of fused-ring (bicyclic) bond motifs is 1. The lowest BCUT2D eigenvalue weighted by molar-refractivity contribution is 0.230. The van der Waals surface area contributed by atoms with E-state index < -0.39 is 0 Å². The summed E-state index contributed by atoms with van der Waals surface area (Å²) in [4.78, 5) is 0. The summed E-state index contributed by atoms with van der Waals surface area (Å²) in [5.74, 6) is 1.50. The number of aromatic amines is 1. The fraction of sp³-hybridized carbons (Fsp3) is 0.438. The largest absolute Gasteiger partial charge is 0.493 e. The maximum Gasteiger partial charge on any atom is 0.162 e. The number of methoxy groups -OCH3 is 1. The first-order chi connectivity index (χ1) is 10.2. The molecule has 21 heavy (non-hydrogen) atoms. The van der Waals surface area contributed by atoms with Gasteiger partial charge < -0.3 is 14.8 Å². The van der Waals surface area contributed by atoms with Crippen LogP contribution < -0.4 is 14.8 Å². The molecule has 112 valence electrons. The smallest absolute Gasteiger partial charge is 0.162 e. The monoisotopic (exact) mass is 287 g/mol. The summed E-state index contributed by atoms with van der Waals surface area (Å²) in [5, 5.41) is 11.0. The first kappa shape index (κ1) is 13.9. The van der Waals surface area contributed by atoms with Gasteiger partial charge in [-0.2, -0.15) is 5.10 Å². The molecule has 2 aromatic rings. The Kier molecular flexibility index (Phi) is 3.84. The van der Waals surface area contributed by atoms with Crippen LogP contribution in [0.2, 0.25) is 0 Å². The highest BCUT2D eigenvalue weighted by Gasteiger charge is 2.19. The van der Waals surface area contributed by atoms with E-state index in [0.29, 0.717) is 0 Å². The number of ether oxygens (including phenoxy) is 2. The van der Waals surface area contributed by atoms with Gasteiger partial charge >= 0.3 is 0 Å². The van der Waals surface area contributed by atoms with E-state index in [1.165, 1.54) is 11.3 Å². The Morgan fingerprint density at radius 2 is 2.10 bits per heavy atom. The predicted octanol–water partition coefficient (Wildman–Crippen LogP) is 2.52. The zero-order valence-corrected chi connectivity index (χ0v) is 12.7. The Balaban J connectivity index is 2.00. The first-order valence-electron chi connectivity index (χ1n) is 7.31. The SMILES string of the molecule is COc1ccc(-c2n[nH]c3c2CNCC3)cc1OC(C)C. The van der Waals surface area contributed by atoms with Crippen LogP contribution in [-0.2, 0) is 13.0 Å². The molecule has 0 unspecified atom stereocenters. The zero-order valence-electron chi connectivity index (χ0n) is 12.7. The molecule has 0 radical (unpaired) electrons. The van der Waals surface area contributed by atoms with E-state index in [-0.39, 0.29) is 6.10 Å². The molecule has 1 aliphatic rings. The molecular formula is C16H21N3O2. The number of aromatic nitrogens is 2.